The number of aromatic nitrogens is 4. The van der Waals surface area contributed by atoms with E-state index in [1.807, 2.05) is 4.68 Å². The van der Waals surface area contributed by atoms with Crippen LogP contribution in [0.25, 0.3) is 0 Å². The summed E-state index contributed by atoms with van der Waals surface area (Å²) in [6.45, 7) is 6.52. The highest BCUT2D eigenvalue weighted by atomic mass is 32.2. The number of nitrogens with one attached hydrogen (secondary N) is 1. The van der Waals surface area contributed by atoms with Crippen LogP contribution in [0.3, 0.4) is 0 Å². The second-order valence-electron chi connectivity index (χ2n) is 6.22. The van der Waals surface area contributed by atoms with Crippen LogP contribution in [0.15, 0.2) is 5.16 Å². The molecule has 7 heteroatoms. The minimum Gasteiger partial charge on any atom is -0.353 e. The van der Waals surface area contributed by atoms with E-state index in [-0.39, 0.29) is 11.9 Å². The molecule has 0 spiro atoms. The van der Waals surface area contributed by atoms with Crippen molar-refractivity contribution in [1.29, 1.82) is 0 Å². The lowest BCUT2D eigenvalue weighted by Crippen LogP contribution is -2.33. The van der Waals surface area contributed by atoms with Gasteiger partial charge in [-0.2, -0.15) is 0 Å². The molecular weight excluding hydrogens is 286 g/mol. The first kappa shape index (κ1) is 16.3. The Morgan fingerprint density at radius 2 is 2.14 bits per heavy atom. The monoisotopic (exact) mass is 311 g/mol. The lowest BCUT2D eigenvalue weighted by atomic mass is 10.0. The van der Waals surface area contributed by atoms with E-state index in [9.17, 15) is 4.79 Å². The molecule has 1 N–H and O–H groups in total. The zero-order chi connectivity index (χ0) is 15.2. The molecule has 0 aromatic carbocycles. The summed E-state index contributed by atoms with van der Waals surface area (Å²) in [4.78, 5) is 11.9. The number of rotatable bonds is 9. The van der Waals surface area contributed by atoms with Crippen molar-refractivity contribution in [2.45, 2.75) is 70.1 Å². The highest BCUT2D eigenvalue weighted by Crippen LogP contribution is 2.36. The van der Waals surface area contributed by atoms with E-state index in [0.29, 0.717) is 11.8 Å². The van der Waals surface area contributed by atoms with E-state index < -0.39 is 0 Å². The van der Waals surface area contributed by atoms with Crippen LogP contribution in [-0.4, -0.2) is 37.9 Å². The van der Waals surface area contributed by atoms with Crippen molar-refractivity contribution >= 4 is 17.7 Å². The molecule has 1 aromatic rings. The molecule has 118 valence electrons. The van der Waals surface area contributed by atoms with Crippen molar-refractivity contribution in [3.63, 3.8) is 0 Å². The molecule has 0 saturated heterocycles. The largest absolute Gasteiger partial charge is 0.353 e. The second-order valence-corrected chi connectivity index (χ2v) is 7.16. The van der Waals surface area contributed by atoms with Gasteiger partial charge in [0, 0.05) is 6.04 Å². The van der Waals surface area contributed by atoms with Crippen LogP contribution in [0.5, 0.6) is 0 Å². The van der Waals surface area contributed by atoms with Crippen LogP contribution < -0.4 is 5.32 Å². The van der Waals surface area contributed by atoms with Gasteiger partial charge in [-0.05, 0) is 42.5 Å². The third kappa shape index (κ3) is 5.65. The summed E-state index contributed by atoms with van der Waals surface area (Å²) >= 11 is 1.42. The average molecular weight is 311 g/mol. The molecule has 1 heterocycles. The fourth-order valence-corrected chi connectivity index (χ4v) is 2.94. The molecule has 21 heavy (non-hydrogen) atoms. The first-order valence-electron chi connectivity index (χ1n) is 7.76. The second kappa shape index (κ2) is 7.77. The molecule has 1 saturated carbocycles. The van der Waals surface area contributed by atoms with Crippen LogP contribution in [-0.2, 0) is 4.79 Å². The van der Waals surface area contributed by atoms with Crippen molar-refractivity contribution in [2.24, 2.45) is 5.92 Å². The number of nitrogens with zero attached hydrogens (tertiary/aromatic N) is 4. The number of carbonyl (C=O) groups is 1. The number of tetrazole rings is 1. The highest BCUT2D eigenvalue weighted by molar-refractivity contribution is 7.99. The Bertz CT molecular complexity index is 458. The quantitative estimate of drug-likeness (QED) is 0.709. The minimum atomic E-state index is 0.0578. The van der Waals surface area contributed by atoms with E-state index in [1.165, 1.54) is 18.2 Å². The predicted octanol–water partition coefficient (Wildman–Crippen LogP) is 2.43. The van der Waals surface area contributed by atoms with Crippen molar-refractivity contribution < 1.29 is 4.79 Å². The zero-order valence-electron chi connectivity index (χ0n) is 13.1. The molecule has 1 aliphatic carbocycles. The molecule has 0 bridgehead atoms. The van der Waals surface area contributed by atoms with Gasteiger partial charge in [0.05, 0.1) is 11.8 Å². The number of thioether (sulfide) groups is 1. The number of amides is 1. The molecule has 1 amide bonds. The summed E-state index contributed by atoms with van der Waals surface area (Å²) in [5.74, 6) is 1.16. The standard InChI is InChI=1S/C14H25N5OS/c1-10(2)5-4-6-11(3)15-13(20)9-21-14-16-17-18-19(14)12-7-8-12/h10-12H,4-9H2,1-3H3,(H,15,20). The van der Waals surface area contributed by atoms with Crippen molar-refractivity contribution in [3.05, 3.63) is 0 Å². The van der Waals surface area contributed by atoms with Gasteiger partial charge >= 0.3 is 0 Å². The molecule has 2 rings (SSSR count). The molecule has 1 fully saturated rings. The lowest BCUT2D eigenvalue weighted by molar-refractivity contribution is -0.119. The third-order valence-electron chi connectivity index (χ3n) is 3.51. The van der Waals surface area contributed by atoms with Gasteiger partial charge in [0.15, 0.2) is 0 Å². The SMILES string of the molecule is CC(C)CCCC(C)NC(=O)CSc1nnnn1C1CC1. The van der Waals surface area contributed by atoms with Crippen LogP contribution in [0.1, 0.15) is 58.9 Å². The van der Waals surface area contributed by atoms with Gasteiger partial charge in [-0.15, -0.1) is 5.10 Å². The van der Waals surface area contributed by atoms with E-state index in [2.05, 4.69) is 41.6 Å². The first-order valence-corrected chi connectivity index (χ1v) is 8.75. The van der Waals surface area contributed by atoms with Gasteiger partial charge in [0.1, 0.15) is 0 Å². The normalized spacial score (nSPS) is 16.2. The molecular formula is C14H25N5OS. The Balaban J connectivity index is 1.66. The number of carbonyl (C=O) groups excluding carboxylic acids is 1. The summed E-state index contributed by atoms with van der Waals surface area (Å²) in [5, 5.41) is 15.4. The summed E-state index contributed by atoms with van der Waals surface area (Å²) in [7, 11) is 0. The molecule has 1 atom stereocenters. The maximum Gasteiger partial charge on any atom is 0.230 e. The minimum absolute atomic E-state index is 0.0578. The van der Waals surface area contributed by atoms with Gasteiger partial charge < -0.3 is 5.32 Å². The fraction of sp³-hybridized carbons (Fsp3) is 0.857. The van der Waals surface area contributed by atoms with Crippen LogP contribution >= 0.6 is 11.8 Å². The fourth-order valence-electron chi connectivity index (χ4n) is 2.18. The molecule has 0 radical (unpaired) electrons. The summed E-state index contributed by atoms with van der Waals surface area (Å²) in [6.07, 6.45) is 5.68. The smallest absolute Gasteiger partial charge is 0.230 e. The Morgan fingerprint density at radius 1 is 1.38 bits per heavy atom. The lowest BCUT2D eigenvalue weighted by Gasteiger charge is -2.14. The van der Waals surface area contributed by atoms with Crippen LogP contribution in [0.4, 0.5) is 0 Å². The molecule has 6 nitrogen and oxygen atoms in total. The highest BCUT2D eigenvalue weighted by Gasteiger charge is 2.28. The topological polar surface area (TPSA) is 72.7 Å². The third-order valence-corrected chi connectivity index (χ3v) is 4.45. The Morgan fingerprint density at radius 3 is 2.81 bits per heavy atom. The van der Waals surface area contributed by atoms with Gasteiger partial charge in [0.25, 0.3) is 0 Å². The van der Waals surface area contributed by atoms with Crippen molar-refractivity contribution in [2.75, 3.05) is 5.75 Å². The van der Waals surface area contributed by atoms with Gasteiger partial charge in [-0.1, -0.05) is 38.5 Å². The van der Waals surface area contributed by atoms with E-state index in [4.69, 9.17) is 0 Å². The molecule has 1 aromatic heterocycles. The Hall–Kier alpha value is -1.11. The molecule has 1 aliphatic rings. The van der Waals surface area contributed by atoms with Crippen molar-refractivity contribution in [1.82, 2.24) is 25.5 Å². The zero-order valence-corrected chi connectivity index (χ0v) is 13.9. The van der Waals surface area contributed by atoms with Gasteiger partial charge in [0.2, 0.25) is 11.1 Å². The van der Waals surface area contributed by atoms with E-state index in [1.54, 1.807) is 0 Å². The predicted molar refractivity (Wildman–Crippen MR) is 83.1 cm³/mol. The van der Waals surface area contributed by atoms with E-state index in [0.717, 1.165) is 36.8 Å². The maximum atomic E-state index is 11.9. The van der Waals surface area contributed by atoms with E-state index >= 15 is 0 Å². The summed E-state index contributed by atoms with van der Waals surface area (Å²) < 4.78 is 1.84. The maximum absolute atomic E-state index is 11.9. The van der Waals surface area contributed by atoms with Gasteiger partial charge in [-0.3, -0.25) is 4.79 Å². The van der Waals surface area contributed by atoms with Crippen LogP contribution in [0, 0.1) is 5.92 Å². The Kier molecular flexibility index (Phi) is 6.02. The molecule has 0 aliphatic heterocycles. The Labute approximate surface area is 130 Å². The van der Waals surface area contributed by atoms with Gasteiger partial charge in [-0.25, -0.2) is 4.68 Å². The number of hydrogen-bond acceptors (Lipinski definition) is 5. The summed E-state index contributed by atoms with van der Waals surface area (Å²) in [5.41, 5.74) is 0. The van der Waals surface area contributed by atoms with Crippen LogP contribution in [0.2, 0.25) is 0 Å². The first-order chi connectivity index (χ1) is 10.1. The molecule has 1 unspecified atom stereocenters. The summed E-state index contributed by atoms with van der Waals surface area (Å²) in [6, 6.07) is 0.678. The number of hydrogen-bond donors (Lipinski definition) is 1. The average Bonchev–Trinajstić information content (AvgIpc) is 3.15. The van der Waals surface area contributed by atoms with Crippen molar-refractivity contribution in [3.8, 4) is 0 Å².